The van der Waals surface area contributed by atoms with E-state index < -0.39 is 64.7 Å². The number of halogens is 4. The zero-order valence-corrected chi connectivity index (χ0v) is 32.1. The van der Waals surface area contributed by atoms with Gasteiger partial charge in [0.1, 0.15) is 23.4 Å². The molecule has 10 nitrogen and oxygen atoms in total. The van der Waals surface area contributed by atoms with Crippen LogP contribution < -0.4 is 21.3 Å². The lowest BCUT2D eigenvalue weighted by atomic mass is 9.78. The maximum Gasteiger partial charge on any atom is 0.418 e. The highest BCUT2D eigenvalue weighted by Crippen LogP contribution is 2.40. The topological polar surface area (TPSA) is 145 Å². The summed E-state index contributed by atoms with van der Waals surface area (Å²) in [6, 6.07) is 16.2. The maximum absolute atomic E-state index is 14.9. The summed E-state index contributed by atoms with van der Waals surface area (Å²) in [6.07, 6.45) is -2.57. The average Bonchev–Trinajstić information content (AvgIpc) is 3.56. The molecular formula is C43H46F4N6O4. The van der Waals surface area contributed by atoms with E-state index in [1.54, 1.807) is 43.5 Å². The Morgan fingerprint density at radius 3 is 2.23 bits per heavy atom. The van der Waals surface area contributed by atoms with Crippen LogP contribution in [0.25, 0.3) is 21.8 Å². The Labute approximate surface area is 327 Å². The molecular weight excluding hydrogens is 741 g/mol. The summed E-state index contributed by atoms with van der Waals surface area (Å²) in [6.45, 7) is 7.26. The molecule has 6 rings (SSSR count). The second-order valence-corrected chi connectivity index (χ2v) is 15.0. The van der Waals surface area contributed by atoms with Crippen molar-refractivity contribution in [3.63, 3.8) is 0 Å². The van der Waals surface area contributed by atoms with Crippen molar-refractivity contribution >= 4 is 51.1 Å². The number of nitrogens with zero attached hydrogens (tertiary/aromatic N) is 1. The Hall–Kier alpha value is -5.79. The molecule has 0 aliphatic heterocycles. The van der Waals surface area contributed by atoms with Gasteiger partial charge < -0.3 is 26.3 Å². The molecule has 0 saturated carbocycles. The number of alkyl halides is 3. The smallest absolute Gasteiger partial charge is 0.358 e. The summed E-state index contributed by atoms with van der Waals surface area (Å²) in [4.78, 5) is 63.9. The number of benzene rings is 3. The molecule has 4 amide bonds. The summed E-state index contributed by atoms with van der Waals surface area (Å²) in [5.41, 5.74) is -0.544. The number of anilines is 1. The van der Waals surface area contributed by atoms with Crippen LogP contribution in [0.15, 0.2) is 79.0 Å². The van der Waals surface area contributed by atoms with Crippen LogP contribution in [0.2, 0.25) is 0 Å². The Balaban J connectivity index is 1.36. The molecule has 5 atom stereocenters. The van der Waals surface area contributed by atoms with Gasteiger partial charge in [-0.25, -0.2) is 4.39 Å². The van der Waals surface area contributed by atoms with Gasteiger partial charge in [0.15, 0.2) is 0 Å². The zero-order chi connectivity index (χ0) is 41.1. The highest BCUT2D eigenvalue weighted by Gasteiger charge is 2.47. The van der Waals surface area contributed by atoms with Gasteiger partial charge in [0.05, 0.1) is 28.7 Å². The number of H-pyrrole nitrogens is 1. The van der Waals surface area contributed by atoms with Crippen molar-refractivity contribution < 1.29 is 36.7 Å². The first-order valence-electron chi connectivity index (χ1n) is 19.2. The van der Waals surface area contributed by atoms with E-state index >= 15 is 0 Å². The lowest BCUT2D eigenvalue weighted by Gasteiger charge is -2.39. The van der Waals surface area contributed by atoms with Gasteiger partial charge in [0.2, 0.25) is 23.6 Å². The number of pyridine rings is 1. The molecule has 14 heteroatoms. The van der Waals surface area contributed by atoms with Crippen molar-refractivity contribution in [1.82, 2.24) is 25.9 Å². The fourth-order valence-corrected chi connectivity index (χ4v) is 7.52. The maximum atomic E-state index is 14.9. The van der Waals surface area contributed by atoms with Gasteiger partial charge in [0, 0.05) is 29.1 Å². The molecule has 5 aromatic rings. The van der Waals surface area contributed by atoms with Crippen molar-refractivity contribution in [2.75, 3.05) is 5.32 Å². The van der Waals surface area contributed by atoms with Gasteiger partial charge >= 0.3 is 6.18 Å². The number of rotatable bonds is 13. The van der Waals surface area contributed by atoms with E-state index in [1.165, 1.54) is 30.3 Å². The van der Waals surface area contributed by atoms with E-state index in [0.717, 1.165) is 6.07 Å². The first-order valence-corrected chi connectivity index (χ1v) is 19.2. The Morgan fingerprint density at radius 2 is 1.53 bits per heavy atom. The van der Waals surface area contributed by atoms with Crippen LogP contribution in [-0.2, 0) is 44.6 Å². The number of carbonyl (C=O) groups excluding carboxylic acids is 4. The van der Waals surface area contributed by atoms with Crippen LogP contribution in [0.5, 0.6) is 0 Å². The van der Waals surface area contributed by atoms with Crippen LogP contribution in [0, 0.1) is 17.7 Å². The highest BCUT2D eigenvalue weighted by molar-refractivity contribution is 6.05. The van der Waals surface area contributed by atoms with Crippen LogP contribution >= 0.6 is 0 Å². The Bertz CT molecular complexity index is 2300. The van der Waals surface area contributed by atoms with E-state index in [2.05, 4.69) is 31.2 Å². The molecule has 0 fully saturated rings. The van der Waals surface area contributed by atoms with Crippen molar-refractivity contribution in [3.8, 4) is 0 Å². The highest BCUT2D eigenvalue weighted by atomic mass is 19.4. The molecule has 1 aliphatic carbocycles. The minimum absolute atomic E-state index is 0.0357. The van der Waals surface area contributed by atoms with Crippen molar-refractivity contribution in [2.45, 2.75) is 90.0 Å². The van der Waals surface area contributed by atoms with Crippen molar-refractivity contribution in [2.24, 2.45) is 11.8 Å². The molecule has 0 radical (unpaired) electrons. The number of para-hydroxylation sites is 1. The molecule has 0 spiro atoms. The molecule has 3 aromatic carbocycles. The molecule has 0 bridgehead atoms. The summed E-state index contributed by atoms with van der Waals surface area (Å²) >= 11 is 0. The van der Waals surface area contributed by atoms with E-state index in [1.807, 2.05) is 26.8 Å². The normalized spacial score (nSPS) is 17.5. The number of amides is 4. The lowest BCUT2D eigenvalue weighted by Crippen LogP contribution is -2.67. The largest absolute Gasteiger partial charge is 0.418 e. The Kier molecular flexibility index (Phi) is 12.0. The number of hydrogen-bond donors (Lipinski definition) is 5. The molecule has 2 unspecified atom stereocenters. The third kappa shape index (κ3) is 8.64. The molecule has 2 aromatic heterocycles. The predicted molar refractivity (Wildman–Crippen MR) is 209 cm³/mol. The van der Waals surface area contributed by atoms with Crippen molar-refractivity contribution in [3.05, 3.63) is 107 Å². The minimum Gasteiger partial charge on any atom is -0.358 e. The lowest BCUT2D eigenvalue weighted by molar-refractivity contribution is -0.138. The number of fused-ring (bicyclic) bond motifs is 4. The van der Waals surface area contributed by atoms with Gasteiger partial charge in [0.25, 0.3) is 0 Å². The second kappa shape index (κ2) is 16.7. The molecule has 0 saturated heterocycles. The standard InChI is InChI=1S/C43H46F4N6O4/c1-5-24(3)36(39(55)50-33-18-10-17-32-28(33)14-11-21-48-32)52-41(57)42(20-19-34-29(23-42)27-13-9-15-30(38(27)49-34)43(45,46)47)53-40(56)37(25(4)6-2)51-35(54)22-26-12-7-8-16-31(26)44/h7-18,21,24-25,36-37,49H,5-6,19-20,22-23H2,1-4H3,(H,50,55)(H,51,54)(H,52,57)(H,53,56)/t24?,25?,36-,37-,42+/m0/s1. The Morgan fingerprint density at radius 1 is 0.842 bits per heavy atom. The predicted octanol–water partition coefficient (Wildman–Crippen LogP) is 7.16. The third-order valence-electron chi connectivity index (χ3n) is 11.2. The second-order valence-electron chi connectivity index (χ2n) is 15.0. The number of aryl methyl sites for hydroxylation is 1. The SMILES string of the molecule is CCC(C)[C@H](NC(=O)Cc1ccccc1F)C(=O)N[C@]1(C(=O)N[C@H](C(=O)Nc2cccc3ncccc23)C(C)CC)CCc2[nH]c3c(C(F)(F)F)cccc3c2C1. The minimum atomic E-state index is -4.66. The molecule has 1 aliphatic rings. The van der Waals surface area contributed by atoms with Gasteiger partial charge in [-0.3, -0.25) is 24.2 Å². The van der Waals surface area contributed by atoms with Crippen LogP contribution in [0.4, 0.5) is 23.2 Å². The number of nitrogens with one attached hydrogen (secondary N) is 5. The monoisotopic (exact) mass is 786 g/mol. The molecule has 2 heterocycles. The van der Waals surface area contributed by atoms with Crippen LogP contribution in [-0.4, -0.2) is 51.2 Å². The quantitative estimate of drug-likeness (QED) is 0.0805. The zero-order valence-electron chi connectivity index (χ0n) is 32.1. The van der Waals surface area contributed by atoms with Gasteiger partial charge in [-0.2, -0.15) is 13.2 Å². The van der Waals surface area contributed by atoms with E-state index in [9.17, 15) is 36.7 Å². The van der Waals surface area contributed by atoms with E-state index in [0.29, 0.717) is 40.7 Å². The van der Waals surface area contributed by atoms with Gasteiger partial charge in [-0.05, 0) is 72.2 Å². The fraction of sp³-hybridized carbons (Fsp3) is 0.372. The van der Waals surface area contributed by atoms with E-state index in [-0.39, 0.29) is 48.1 Å². The van der Waals surface area contributed by atoms with Crippen LogP contribution in [0.3, 0.4) is 0 Å². The van der Waals surface area contributed by atoms with Gasteiger partial charge in [-0.1, -0.05) is 76.9 Å². The summed E-state index contributed by atoms with van der Waals surface area (Å²) in [5.74, 6) is -3.93. The number of hydrogen-bond acceptors (Lipinski definition) is 5. The van der Waals surface area contributed by atoms with E-state index in [4.69, 9.17) is 0 Å². The third-order valence-corrected chi connectivity index (χ3v) is 11.2. The fourth-order valence-electron chi connectivity index (χ4n) is 7.52. The molecule has 57 heavy (non-hydrogen) atoms. The average molecular weight is 787 g/mol. The summed E-state index contributed by atoms with van der Waals surface area (Å²) < 4.78 is 56.8. The summed E-state index contributed by atoms with van der Waals surface area (Å²) in [7, 11) is 0. The molecule has 300 valence electrons. The first-order chi connectivity index (χ1) is 27.2. The summed E-state index contributed by atoms with van der Waals surface area (Å²) in [5, 5.41) is 12.5. The van der Waals surface area contributed by atoms with Crippen molar-refractivity contribution in [1.29, 1.82) is 0 Å². The number of aromatic amines is 1. The first kappa shape index (κ1) is 40.9. The van der Waals surface area contributed by atoms with Gasteiger partial charge in [-0.15, -0.1) is 0 Å². The molecule has 5 N–H and O–H groups in total. The van der Waals surface area contributed by atoms with Crippen LogP contribution in [0.1, 0.15) is 69.3 Å². The number of carbonyl (C=O) groups is 4. The number of aromatic nitrogens is 2.